The van der Waals surface area contributed by atoms with E-state index in [1.54, 1.807) is 0 Å². The number of hydrogen-bond donors (Lipinski definition) is 2. The second-order valence-electron chi connectivity index (χ2n) is 4.77. The molecule has 3 aromatic rings. The number of nitrogens with one attached hydrogen (secondary N) is 1. The van der Waals surface area contributed by atoms with Gasteiger partial charge in [0, 0.05) is 29.7 Å². The SMILES string of the molecule is Cn1nc(-c2c[nH]c3cccc(C(F)(F)F)c23)cc1C(=O)O. The molecule has 0 aliphatic carbocycles. The Bertz CT molecular complexity index is 877. The van der Waals surface area contributed by atoms with Gasteiger partial charge >= 0.3 is 12.1 Å². The Balaban J connectivity index is 2.28. The Labute approximate surface area is 122 Å². The number of aromatic amines is 1. The summed E-state index contributed by atoms with van der Waals surface area (Å²) in [6, 6.07) is 5.07. The van der Waals surface area contributed by atoms with E-state index in [4.69, 9.17) is 5.11 Å². The Morgan fingerprint density at radius 1 is 1.36 bits per heavy atom. The largest absolute Gasteiger partial charge is 0.477 e. The molecule has 0 saturated carbocycles. The van der Waals surface area contributed by atoms with Gasteiger partial charge < -0.3 is 10.1 Å². The number of aromatic carboxylic acids is 1. The predicted molar refractivity (Wildman–Crippen MR) is 72.5 cm³/mol. The number of aromatic nitrogens is 3. The summed E-state index contributed by atoms with van der Waals surface area (Å²) in [6.45, 7) is 0. The number of alkyl halides is 3. The highest BCUT2D eigenvalue weighted by molar-refractivity contribution is 5.98. The highest BCUT2D eigenvalue weighted by atomic mass is 19.4. The summed E-state index contributed by atoms with van der Waals surface area (Å²) in [5.41, 5.74) is -0.196. The first-order valence-electron chi connectivity index (χ1n) is 6.24. The van der Waals surface area contributed by atoms with Gasteiger partial charge in [0.1, 0.15) is 5.69 Å². The molecule has 114 valence electrons. The van der Waals surface area contributed by atoms with Crippen LogP contribution in [0.25, 0.3) is 22.2 Å². The quantitative estimate of drug-likeness (QED) is 0.763. The van der Waals surface area contributed by atoms with Crippen LogP contribution < -0.4 is 0 Å². The summed E-state index contributed by atoms with van der Waals surface area (Å²) < 4.78 is 40.6. The van der Waals surface area contributed by atoms with Crippen molar-refractivity contribution in [1.29, 1.82) is 0 Å². The van der Waals surface area contributed by atoms with Crippen molar-refractivity contribution in [2.45, 2.75) is 6.18 Å². The van der Waals surface area contributed by atoms with E-state index >= 15 is 0 Å². The predicted octanol–water partition coefficient (Wildman–Crippen LogP) is 3.29. The first-order valence-corrected chi connectivity index (χ1v) is 6.24. The average Bonchev–Trinajstić information content (AvgIpc) is 3.00. The number of fused-ring (bicyclic) bond motifs is 1. The fourth-order valence-electron chi connectivity index (χ4n) is 2.42. The van der Waals surface area contributed by atoms with E-state index in [1.807, 2.05) is 0 Å². The van der Waals surface area contributed by atoms with Crippen molar-refractivity contribution in [3.63, 3.8) is 0 Å². The van der Waals surface area contributed by atoms with Crippen molar-refractivity contribution in [1.82, 2.24) is 14.8 Å². The zero-order valence-corrected chi connectivity index (χ0v) is 11.3. The van der Waals surface area contributed by atoms with Crippen LogP contribution in [0.15, 0.2) is 30.5 Å². The number of nitrogens with zero attached hydrogens (tertiary/aromatic N) is 2. The van der Waals surface area contributed by atoms with Crippen LogP contribution in [0, 0.1) is 0 Å². The van der Waals surface area contributed by atoms with Gasteiger partial charge in [-0.2, -0.15) is 18.3 Å². The number of H-pyrrole nitrogens is 1. The maximum atomic E-state index is 13.2. The lowest BCUT2D eigenvalue weighted by Crippen LogP contribution is -2.05. The molecule has 0 unspecified atom stereocenters. The monoisotopic (exact) mass is 309 g/mol. The second-order valence-corrected chi connectivity index (χ2v) is 4.77. The molecule has 1 aromatic carbocycles. The molecular weight excluding hydrogens is 299 g/mol. The van der Waals surface area contributed by atoms with Gasteiger partial charge in [-0.15, -0.1) is 0 Å². The van der Waals surface area contributed by atoms with Gasteiger partial charge in [-0.1, -0.05) is 6.07 Å². The maximum absolute atomic E-state index is 13.2. The van der Waals surface area contributed by atoms with Crippen LogP contribution in [0.2, 0.25) is 0 Å². The Morgan fingerprint density at radius 2 is 2.09 bits per heavy atom. The van der Waals surface area contributed by atoms with Crippen LogP contribution in [0.5, 0.6) is 0 Å². The van der Waals surface area contributed by atoms with E-state index < -0.39 is 17.7 Å². The van der Waals surface area contributed by atoms with Crippen LogP contribution in [0.1, 0.15) is 16.1 Å². The third kappa shape index (κ3) is 2.12. The summed E-state index contributed by atoms with van der Waals surface area (Å²) in [6.07, 6.45) is -3.12. The Morgan fingerprint density at radius 3 is 2.68 bits per heavy atom. The number of benzene rings is 1. The van der Waals surface area contributed by atoms with Crippen molar-refractivity contribution < 1.29 is 23.1 Å². The number of carboxylic acid groups (broad SMARTS) is 1. The Kier molecular flexibility index (Phi) is 2.98. The van der Waals surface area contributed by atoms with E-state index in [1.165, 1.54) is 31.4 Å². The zero-order chi connectivity index (χ0) is 16.1. The molecule has 2 aromatic heterocycles. The molecule has 2 N–H and O–H groups in total. The summed E-state index contributed by atoms with van der Waals surface area (Å²) in [7, 11) is 1.42. The van der Waals surface area contributed by atoms with Crippen molar-refractivity contribution in [3.05, 3.63) is 41.7 Å². The standard InChI is InChI=1S/C14H10F3N3O2/c1-20-11(13(21)22)5-10(19-20)7-6-18-9-4-2-3-8(12(7)9)14(15,16)17/h2-6,18H,1H3,(H,21,22). The lowest BCUT2D eigenvalue weighted by atomic mass is 10.0. The third-order valence-corrected chi connectivity index (χ3v) is 3.39. The molecule has 0 saturated heterocycles. The lowest BCUT2D eigenvalue weighted by Gasteiger charge is -2.09. The van der Waals surface area contributed by atoms with Crippen LogP contribution in [0.4, 0.5) is 13.2 Å². The first kappa shape index (κ1) is 14.2. The summed E-state index contributed by atoms with van der Waals surface area (Å²) >= 11 is 0. The topological polar surface area (TPSA) is 70.9 Å². The molecule has 8 heteroatoms. The highest BCUT2D eigenvalue weighted by Crippen LogP contribution is 2.39. The van der Waals surface area contributed by atoms with Gasteiger partial charge in [0.05, 0.1) is 11.3 Å². The molecule has 2 heterocycles. The molecule has 3 rings (SSSR count). The summed E-state index contributed by atoms with van der Waals surface area (Å²) in [5.74, 6) is -1.20. The van der Waals surface area contributed by atoms with Gasteiger partial charge in [0.15, 0.2) is 0 Å². The smallest absolute Gasteiger partial charge is 0.417 e. The van der Waals surface area contributed by atoms with Crippen LogP contribution in [0.3, 0.4) is 0 Å². The molecule has 0 atom stereocenters. The summed E-state index contributed by atoms with van der Waals surface area (Å²) in [4.78, 5) is 13.8. The number of hydrogen-bond acceptors (Lipinski definition) is 2. The molecule has 0 radical (unpaired) electrons. The molecule has 5 nitrogen and oxygen atoms in total. The first-order chi connectivity index (χ1) is 10.3. The fourth-order valence-corrected chi connectivity index (χ4v) is 2.42. The number of carboxylic acids is 1. The Hall–Kier alpha value is -2.77. The molecule has 0 fully saturated rings. The van der Waals surface area contributed by atoms with Crippen LogP contribution >= 0.6 is 0 Å². The van der Waals surface area contributed by atoms with Crippen molar-refractivity contribution in [2.75, 3.05) is 0 Å². The number of halogens is 3. The molecule has 22 heavy (non-hydrogen) atoms. The molecular formula is C14H10F3N3O2. The summed E-state index contributed by atoms with van der Waals surface area (Å²) in [5, 5.41) is 13.0. The van der Waals surface area contributed by atoms with Gasteiger partial charge in [0.25, 0.3) is 0 Å². The normalized spacial score (nSPS) is 12.0. The molecule has 0 spiro atoms. The van der Waals surface area contributed by atoms with E-state index in [-0.39, 0.29) is 22.3 Å². The second kappa shape index (κ2) is 4.62. The minimum atomic E-state index is -4.51. The van der Waals surface area contributed by atoms with E-state index in [2.05, 4.69) is 10.1 Å². The molecule has 0 bridgehead atoms. The molecule has 0 aliphatic heterocycles. The van der Waals surface area contributed by atoms with Gasteiger partial charge in [-0.3, -0.25) is 4.68 Å². The molecule has 0 aliphatic rings. The van der Waals surface area contributed by atoms with E-state index in [0.29, 0.717) is 5.52 Å². The number of carbonyl (C=O) groups is 1. The average molecular weight is 309 g/mol. The minimum Gasteiger partial charge on any atom is -0.477 e. The number of aryl methyl sites for hydroxylation is 1. The third-order valence-electron chi connectivity index (χ3n) is 3.39. The van der Waals surface area contributed by atoms with E-state index in [0.717, 1.165) is 10.7 Å². The van der Waals surface area contributed by atoms with Gasteiger partial charge in [-0.25, -0.2) is 4.79 Å². The van der Waals surface area contributed by atoms with Gasteiger partial charge in [-0.05, 0) is 18.2 Å². The van der Waals surface area contributed by atoms with Crippen molar-refractivity contribution in [2.24, 2.45) is 7.05 Å². The van der Waals surface area contributed by atoms with Crippen molar-refractivity contribution in [3.8, 4) is 11.3 Å². The van der Waals surface area contributed by atoms with Crippen LogP contribution in [-0.2, 0) is 13.2 Å². The van der Waals surface area contributed by atoms with Gasteiger partial charge in [0.2, 0.25) is 0 Å². The molecule has 0 amide bonds. The minimum absolute atomic E-state index is 0.0231. The zero-order valence-electron chi connectivity index (χ0n) is 11.3. The maximum Gasteiger partial charge on any atom is 0.417 e. The fraction of sp³-hybridized carbons (Fsp3) is 0.143. The highest BCUT2D eigenvalue weighted by Gasteiger charge is 2.34. The van der Waals surface area contributed by atoms with E-state index in [9.17, 15) is 18.0 Å². The lowest BCUT2D eigenvalue weighted by molar-refractivity contribution is -0.136. The van der Waals surface area contributed by atoms with Crippen LogP contribution in [-0.4, -0.2) is 25.8 Å². The number of rotatable bonds is 2. The van der Waals surface area contributed by atoms with Crippen molar-refractivity contribution >= 4 is 16.9 Å².